The minimum Gasteiger partial charge on any atom is -0.454 e. The molecular weight excluding hydrogens is 618 g/mol. The summed E-state index contributed by atoms with van der Waals surface area (Å²) in [5.41, 5.74) is 5.12. The molecule has 1 amide bonds. The van der Waals surface area contributed by atoms with Crippen molar-refractivity contribution in [3.05, 3.63) is 117 Å². The molecule has 0 saturated carbocycles. The normalized spacial score (nSPS) is 12.5. The lowest BCUT2D eigenvalue weighted by Crippen LogP contribution is -2.33. The molecule has 1 aliphatic rings. The van der Waals surface area contributed by atoms with Crippen LogP contribution in [0.25, 0.3) is 0 Å². The van der Waals surface area contributed by atoms with E-state index in [4.69, 9.17) is 21.1 Å². The Hall–Kier alpha value is -3.86. The number of hydrogen-bond acceptors (Lipinski definition) is 6. The molecule has 1 heterocycles. The number of ether oxygens (including phenoxy) is 2. The summed E-state index contributed by atoms with van der Waals surface area (Å²) < 4.78 is 40.5. The van der Waals surface area contributed by atoms with Gasteiger partial charge in [-0.3, -0.25) is 9.10 Å². The van der Waals surface area contributed by atoms with Gasteiger partial charge in [0.15, 0.2) is 11.5 Å². The lowest BCUT2D eigenvalue weighted by Gasteiger charge is -2.26. The first-order valence-electron chi connectivity index (χ1n) is 12.1. The van der Waals surface area contributed by atoms with Crippen LogP contribution in [-0.4, -0.2) is 27.3 Å². The van der Waals surface area contributed by atoms with Crippen LogP contribution in [0.5, 0.6) is 11.5 Å². The highest BCUT2D eigenvalue weighted by Crippen LogP contribution is 2.36. The monoisotopic (exact) mass is 639 g/mol. The number of anilines is 1. The van der Waals surface area contributed by atoms with Crippen LogP contribution in [0.3, 0.4) is 0 Å². The SMILES string of the molecule is Cc1ccc(S(=O)(=O)N(Cc2ccc(Cl)cc2)c2ccccc2C(=O)N/N=C\c2cc3c(cc2Br)OCO3)cc1. The molecule has 0 bridgehead atoms. The molecule has 204 valence electrons. The van der Waals surface area contributed by atoms with Crippen molar-refractivity contribution >= 4 is 55.4 Å². The summed E-state index contributed by atoms with van der Waals surface area (Å²) in [4.78, 5) is 13.4. The molecule has 11 heteroatoms. The molecule has 0 radical (unpaired) electrons. The van der Waals surface area contributed by atoms with Gasteiger partial charge in [0.1, 0.15) is 0 Å². The quantitative estimate of drug-likeness (QED) is 0.180. The minimum absolute atomic E-state index is 0.0227. The van der Waals surface area contributed by atoms with Crippen molar-refractivity contribution in [2.24, 2.45) is 5.10 Å². The summed E-state index contributed by atoms with van der Waals surface area (Å²) in [6.45, 7) is 1.99. The highest BCUT2D eigenvalue weighted by molar-refractivity contribution is 9.10. The van der Waals surface area contributed by atoms with Crippen LogP contribution in [0.2, 0.25) is 5.02 Å². The zero-order chi connectivity index (χ0) is 28.3. The molecule has 0 aromatic heterocycles. The third kappa shape index (κ3) is 5.99. The molecule has 0 atom stereocenters. The second-order valence-corrected chi connectivity index (χ2v) is 12.0. The molecule has 4 aromatic rings. The van der Waals surface area contributed by atoms with Gasteiger partial charge in [0.25, 0.3) is 15.9 Å². The number of halogens is 2. The van der Waals surface area contributed by atoms with Gasteiger partial charge in [-0.1, -0.05) is 53.6 Å². The van der Waals surface area contributed by atoms with Crippen LogP contribution in [0.1, 0.15) is 27.0 Å². The zero-order valence-corrected chi connectivity index (χ0v) is 24.3. The highest BCUT2D eigenvalue weighted by atomic mass is 79.9. The molecule has 0 fully saturated rings. The summed E-state index contributed by atoms with van der Waals surface area (Å²) in [6.07, 6.45) is 1.46. The van der Waals surface area contributed by atoms with Gasteiger partial charge < -0.3 is 9.47 Å². The van der Waals surface area contributed by atoms with Crippen LogP contribution >= 0.6 is 27.5 Å². The van der Waals surface area contributed by atoms with E-state index < -0.39 is 15.9 Å². The largest absolute Gasteiger partial charge is 0.454 e. The van der Waals surface area contributed by atoms with Gasteiger partial charge in [-0.2, -0.15) is 5.10 Å². The average molecular weight is 641 g/mol. The van der Waals surface area contributed by atoms with E-state index in [1.807, 2.05) is 6.92 Å². The van der Waals surface area contributed by atoms with E-state index in [2.05, 4.69) is 26.5 Å². The zero-order valence-electron chi connectivity index (χ0n) is 21.2. The summed E-state index contributed by atoms with van der Waals surface area (Å²) in [5.74, 6) is 0.599. The van der Waals surface area contributed by atoms with Crippen LogP contribution < -0.4 is 19.2 Å². The number of hydrogen-bond donors (Lipinski definition) is 1. The first kappa shape index (κ1) is 27.7. The molecule has 1 N–H and O–H groups in total. The number of amides is 1. The molecule has 40 heavy (non-hydrogen) atoms. The predicted octanol–water partition coefficient (Wildman–Crippen LogP) is 6.30. The molecule has 0 unspecified atom stereocenters. The average Bonchev–Trinajstić information content (AvgIpc) is 3.40. The van der Waals surface area contributed by atoms with Crippen molar-refractivity contribution in [2.75, 3.05) is 11.1 Å². The number of carbonyl (C=O) groups is 1. The van der Waals surface area contributed by atoms with E-state index in [0.29, 0.717) is 32.1 Å². The van der Waals surface area contributed by atoms with Gasteiger partial charge in [0.2, 0.25) is 6.79 Å². The maximum Gasteiger partial charge on any atom is 0.273 e. The summed E-state index contributed by atoms with van der Waals surface area (Å²) in [6, 6.07) is 23.4. The van der Waals surface area contributed by atoms with Crippen molar-refractivity contribution in [1.82, 2.24) is 5.43 Å². The van der Waals surface area contributed by atoms with Crippen molar-refractivity contribution in [2.45, 2.75) is 18.4 Å². The van der Waals surface area contributed by atoms with Crippen LogP contribution in [0.15, 0.2) is 99.4 Å². The molecule has 0 saturated heterocycles. The van der Waals surface area contributed by atoms with Crippen molar-refractivity contribution < 1.29 is 22.7 Å². The highest BCUT2D eigenvalue weighted by Gasteiger charge is 2.28. The summed E-state index contributed by atoms with van der Waals surface area (Å²) >= 11 is 9.50. The Morgan fingerprint density at radius 2 is 1.70 bits per heavy atom. The van der Waals surface area contributed by atoms with Crippen LogP contribution in [0.4, 0.5) is 5.69 Å². The summed E-state index contributed by atoms with van der Waals surface area (Å²) in [5, 5.41) is 4.63. The van der Waals surface area contributed by atoms with Gasteiger partial charge in [0, 0.05) is 15.1 Å². The predicted molar refractivity (Wildman–Crippen MR) is 158 cm³/mol. The third-order valence-corrected chi connectivity index (χ3v) is 8.84. The van der Waals surface area contributed by atoms with Crippen molar-refractivity contribution in [3.63, 3.8) is 0 Å². The minimum atomic E-state index is -4.06. The van der Waals surface area contributed by atoms with Crippen LogP contribution in [0, 0.1) is 6.92 Å². The summed E-state index contributed by atoms with van der Waals surface area (Å²) in [7, 11) is -4.06. The maximum atomic E-state index is 13.9. The fourth-order valence-corrected chi connectivity index (χ4v) is 6.05. The van der Waals surface area contributed by atoms with E-state index in [1.165, 1.54) is 10.5 Å². The molecule has 0 spiro atoms. The molecular formula is C29H23BrClN3O5S. The first-order valence-corrected chi connectivity index (χ1v) is 14.7. The number of hydrazone groups is 1. The second-order valence-electron chi connectivity index (χ2n) is 8.89. The Kier molecular flexibility index (Phi) is 8.11. The van der Waals surface area contributed by atoms with Crippen molar-refractivity contribution in [1.29, 1.82) is 0 Å². The third-order valence-electron chi connectivity index (χ3n) is 6.13. The Morgan fingerprint density at radius 1 is 1.02 bits per heavy atom. The number of aryl methyl sites for hydroxylation is 1. The number of nitrogens with one attached hydrogen (secondary N) is 1. The Bertz CT molecular complexity index is 1690. The standard InChI is InChI=1S/C29H23BrClN3O5S/c1-19-6-12-23(13-7-19)40(36,37)34(17-20-8-10-22(31)11-9-20)26-5-3-2-4-24(26)29(35)33-32-16-21-14-27-28(15-25(21)30)39-18-38-27/h2-16H,17-18H2,1H3,(H,33,35)/b32-16-. The Morgan fingerprint density at radius 3 is 2.42 bits per heavy atom. The molecule has 4 aromatic carbocycles. The fraction of sp³-hybridized carbons (Fsp3) is 0.103. The Labute approximate surface area is 245 Å². The van der Waals surface area contributed by atoms with Crippen LogP contribution in [-0.2, 0) is 16.6 Å². The van der Waals surface area contributed by atoms with E-state index >= 15 is 0 Å². The molecule has 1 aliphatic heterocycles. The molecule has 0 aliphatic carbocycles. The van der Waals surface area contributed by atoms with Gasteiger partial charge in [-0.15, -0.1) is 0 Å². The number of rotatable bonds is 8. The van der Waals surface area contributed by atoms with E-state index in [1.54, 1.807) is 84.9 Å². The van der Waals surface area contributed by atoms with E-state index in [-0.39, 0.29) is 29.5 Å². The van der Waals surface area contributed by atoms with Gasteiger partial charge in [-0.25, -0.2) is 13.8 Å². The number of carbonyl (C=O) groups excluding carboxylic acids is 1. The lowest BCUT2D eigenvalue weighted by atomic mass is 10.1. The number of sulfonamides is 1. The first-order chi connectivity index (χ1) is 19.2. The fourth-order valence-electron chi connectivity index (χ4n) is 4.03. The second kappa shape index (κ2) is 11.7. The molecule has 5 rings (SSSR count). The lowest BCUT2D eigenvalue weighted by molar-refractivity contribution is 0.0955. The molecule has 8 nitrogen and oxygen atoms in total. The van der Waals surface area contributed by atoms with E-state index in [0.717, 1.165) is 5.56 Å². The number of nitrogens with zero attached hydrogens (tertiary/aromatic N) is 2. The topological polar surface area (TPSA) is 97.3 Å². The van der Waals surface area contributed by atoms with Crippen molar-refractivity contribution in [3.8, 4) is 11.5 Å². The van der Waals surface area contributed by atoms with Gasteiger partial charge in [-0.05, 0) is 76.9 Å². The number of fused-ring (bicyclic) bond motifs is 1. The number of benzene rings is 4. The maximum absolute atomic E-state index is 13.9. The smallest absolute Gasteiger partial charge is 0.273 e. The Balaban J connectivity index is 1.47. The van der Waals surface area contributed by atoms with Gasteiger partial charge in [0.05, 0.1) is 28.9 Å². The van der Waals surface area contributed by atoms with Gasteiger partial charge >= 0.3 is 0 Å². The van der Waals surface area contributed by atoms with E-state index in [9.17, 15) is 13.2 Å². The number of para-hydroxylation sites is 1.